The first-order valence-electron chi connectivity index (χ1n) is 8.60. The minimum absolute atomic E-state index is 0.0118. The fourth-order valence-corrected chi connectivity index (χ4v) is 3.33. The third-order valence-corrected chi connectivity index (χ3v) is 4.79. The average Bonchev–Trinajstić information content (AvgIpc) is 3.11. The molecule has 1 aliphatic heterocycles. The molecule has 2 aromatic rings. The Morgan fingerprint density at radius 2 is 2.20 bits per heavy atom. The van der Waals surface area contributed by atoms with E-state index in [0.29, 0.717) is 30.6 Å². The van der Waals surface area contributed by atoms with Crippen LogP contribution in [0.1, 0.15) is 32.1 Å². The van der Waals surface area contributed by atoms with Gasteiger partial charge in [0.15, 0.2) is 0 Å². The summed E-state index contributed by atoms with van der Waals surface area (Å²) in [7, 11) is 0. The number of hydrogen-bond acceptors (Lipinski definition) is 5. The lowest BCUT2D eigenvalue weighted by Gasteiger charge is -2.45. The first kappa shape index (κ1) is 15.8. The first-order valence-corrected chi connectivity index (χ1v) is 8.60. The van der Waals surface area contributed by atoms with Crippen LogP contribution in [0.3, 0.4) is 0 Å². The summed E-state index contributed by atoms with van der Waals surface area (Å²) in [5, 5.41) is 11.4. The number of likely N-dealkylation sites (tertiary alicyclic amines) is 1. The Kier molecular flexibility index (Phi) is 3.99. The van der Waals surface area contributed by atoms with Crippen molar-refractivity contribution in [1.29, 1.82) is 0 Å². The van der Waals surface area contributed by atoms with Gasteiger partial charge in [0, 0.05) is 25.3 Å². The summed E-state index contributed by atoms with van der Waals surface area (Å²) in [5.74, 6) is 0.964. The minimum Gasteiger partial charge on any atom is -0.419 e. The summed E-state index contributed by atoms with van der Waals surface area (Å²) < 4.78 is 5.80. The Bertz CT molecular complexity index is 780. The Labute approximate surface area is 146 Å². The second kappa shape index (κ2) is 6.31. The van der Waals surface area contributed by atoms with Crippen molar-refractivity contribution in [1.82, 2.24) is 25.4 Å². The Morgan fingerprint density at radius 1 is 1.32 bits per heavy atom. The van der Waals surface area contributed by atoms with E-state index in [4.69, 9.17) is 4.42 Å². The summed E-state index contributed by atoms with van der Waals surface area (Å²) in [6, 6.07) is 5.78. The maximum absolute atomic E-state index is 12.4. The predicted molar refractivity (Wildman–Crippen MR) is 91.8 cm³/mol. The highest BCUT2D eigenvalue weighted by Gasteiger charge is 2.47. The molecule has 4 rings (SSSR count). The zero-order chi connectivity index (χ0) is 17.3. The molecule has 25 heavy (non-hydrogen) atoms. The number of carbonyl (C=O) groups is 1. The van der Waals surface area contributed by atoms with Gasteiger partial charge < -0.3 is 14.6 Å². The molecule has 0 aromatic carbocycles. The van der Waals surface area contributed by atoms with Crippen molar-refractivity contribution in [3.63, 3.8) is 0 Å². The molecule has 2 aromatic heterocycles. The van der Waals surface area contributed by atoms with Crippen LogP contribution in [-0.2, 0) is 5.41 Å². The average molecular weight is 339 g/mol. The van der Waals surface area contributed by atoms with Gasteiger partial charge in [0.05, 0.1) is 5.41 Å². The van der Waals surface area contributed by atoms with Gasteiger partial charge in [0.2, 0.25) is 5.89 Å². The van der Waals surface area contributed by atoms with Crippen LogP contribution < -0.4 is 5.32 Å². The van der Waals surface area contributed by atoms with E-state index < -0.39 is 0 Å². The molecular weight excluding hydrogens is 318 g/mol. The van der Waals surface area contributed by atoms with Crippen LogP contribution in [-0.4, -0.2) is 45.2 Å². The molecule has 0 saturated carbocycles. The number of hydrogen-bond donors (Lipinski definition) is 1. The van der Waals surface area contributed by atoms with Crippen molar-refractivity contribution in [3.8, 4) is 11.6 Å². The topological polar surface area (TPSA) is 84.2 Å². The Hall–Kier alpha value is -2.70. The monoisotopic (exact) mass is 339 g/mol. The summed E-state index contributed by atoms with van der Waals surface area (Å²) in [6.07, 6.45) is 8.93. The number of rotatable bonds is 3. The fourth-order valence-electron chi connectivity index (χ4n) is 3.33. The number of allylic oxidation sites excluding steroid dienone is 1. The lowest BCUT2D eigenvalue weighted by molar-refractivity contribution is 0.0831. The van der Waals surface area contributed by atoms with Crippen LogP contribution in [0, 0.1) is 0 Å². The maximum Gasteiger partial charge on any atom is 0.317 e. The van der Waals surface area contributed by atoms with E-state index in [1.165, 1.54) is 0 Å². The van der Waals surface area contributed by atoms with Crippen molar-refractivity contribution in [3.05, 3.63) is 42.4 Å². The predicted octanol–water partition coefficient (Wildman–Crippen LogP) is 2.52. The molecule has 7 nitrogen and oxygen atoms in total. The number of amides is 2. The van der Waals surface area contributed by atoms with Crippen LogP contribution in [0.5, 0.6) is 0 Å². The van der Waals surface area contributed by atoms with Crippen LogP contribution >= 0.6 is 0 Å². The minimum atomic E-state index is -0.302. The van der Waals surface area contributed by atoms with Gasteiger partial charge in [-0.1, -0.05) is 18.2 Å². The molecule has 2 aliphatic rings. The van der Waals surface area contributed by atoms with Gasteiger partial charge in [-0.3, -0.25) is 4.98 Å². The standard InChI is InChI=1S/C18H21N5O2/c1-18(16-22-21-15(25-16)14-9-5-6-10-19-14)11-23(12-18)17(24)20-13-7-3-2-4-8-13/h2-3,5-6,9-10,13H,4,7-8,11-12H2,1H3,(H,20,24). The third kappa shape index (κ3) is 3.14. The van der Waals surface area contributed by atoms with Crippen LogP contribution in [0.2, 0.25) is 0 Å². The van der Waals surface area contributed by atoms with Gasteiger partial charge in [-0.15, -0.1) is 10.2 Å². The van der Waals surface area contributed by atoms with Gasteiger partial charge in [-0.05, 0) is 38.3 Å². The Balaban J connectivity index is 1.38. The molecule has 7 heteroatoms. The smallest absolute Gasteiger partial charge is 0.317 e. The number of carbonyl (C=O) groups excluding carboxylic acids is 1. The third-order valence-electron chi connectivity index (χ3n) is 4.79. The quantitative estimate of drug-likeness (QED) is 0.869. The number of nitrogens with one attached hydrogen (secondary N) is 1. The largest absolute Gasteiger partial charge is 0.419 e. The van der Waals surface area contributed by atoms with Crippen molar-refractivity contribution >= 4 is 6.03 Å². The molecule has 3 heterocycles. The molecule has 2 amide bonds. The number of urea groups is 1. The second-order valence-corrected chi connectivity index (χ2v) is 6.97. The highest BCUT2D eigenvalue weighted by atomic mass is 16.4. The lowest BCUT2D eigenvalue weighted by Crippen LogP contribution is -2.62. The van der Waals surface area contributed by atoms with E-state index in [0.717, 1.165) is 19.3 Å². The zero-order valence-electron chi connectivity index (χ0n) is 14.2. The van der Waals surface area contributed by atoms with E-state index in [1.54, 1.807) is 11.1 Å². The van der Waals surface area contributed by atoms with E-state index in [1.807, 2.05) is 25.1 Å². The molecule has 1 N–H and O–H groups in total. The van der Waals surface area contributed by atoms with Crippen molar-refractivity contribution in [2.45, 2.75) is 37.6 Å². The molecule has 0 spiro atoms. The normalized spacial score (nSPS) is 21.6. The Morgan fingerprint density at radius 3 is 2.92 bits per heavy atom. The van der Waals surface area contributed by atoms with Gasteiger partial charge in [-0.25, -0.2) is 4.79 Å². The molecule has 1 fully saturated rings. The van der Waals surface area contributed by atoms with Crippen LogP contribution in [0.4, 0.5) is 4.79 Å². The molecule has 0 bridgehead atoms. The molecule has 1 atom stereocenters. The second-order valence-electron chi connectivity index (χ2n) is 6.97. The van der Waals surface area contributed by atoms with E-state index in [9.17, 15) is 4.79 Å². The van der Waals surface area contributed by atoms with E-state index in [2.05, 4.69) is 32.7 Å². The van der Waals surface area contributed by atoms with Gasteiger partial charge in [0.25, 0.3) is 5.89 Å². The molecule has 1 aliphatic carbocycles. The zero-order valence-corrected chi connectivity index (χ0v) is 14.2. The maximum atomic E-state index is 12.4. The van der Waals surface area contributed by atoms with Gasteiger partial charge >= 0.3 is 6.03 Å². The molecule has 1 saturated heterocycles. The summed E-state index contributed by atoms with van der Waals surface area (Å²) in [4.78, 5) is 18.4. The molecular formula is C18H21N5O2. The van der Waals surface area contributed by atoms with Crippen molar-refractivity contribution in [2.24, 2.45) is 0 Å². The van der Waals surface area contributed by atoms with Crippen LogP contribution in [0.15, 0.2) is 41.0 Å². The molecule has 1 unspecified atom stereocenters. The van der Waals surface area contributed by atoms with Crippen LogP contribution in [0.25, 0.3) is 11.6 Å². The van der Waals surface area contributed by atoms with Crippen molar-refractivity contribution < 1.29 is 9.21 Å². The highest BCUT2D eigenvalue weighted by Crippen LogP contribution is 2.34. The van der Waals surface area contributed by atoms with Gasteiger partial charge in [0.1, 0.15) is 5.69 Å². The van der Waals surface area contributed by atoms with E-state index in [-0.39, 0.29) is 17.5 Å². The SMILES string of the molecule is CC1(c2nnc(-c3ccccn3)o2)CN(C(=O)NC2CC=CCC2)C1. The number of nitrogens with zero attached hydrogens (tertiary/aromatic N) is 4. The fraction of sp³-hybridized carbons (Fsp3) is 0.444. The molecule has 130 valence electrons. The van der Waals surface area contributed by atoms with Crippen molar-refractivity contribution in [2.75, 3.05) is 13.1 Å². The number of pyridine rings is 1. The first-order chi connectivity index (χ1) is 12.1. The van der Waals surface area contributed by atoms with Gasteiger partial charge in [-0.2, -0.15) is 0 Å². The lowest BCUT2D eigenvalue weighted by atomic mass is 9.82. The molecule has 0 radical (unpaired) electrons. The highest BCUT2D eigenvalue weighted by molar-refractivity contribution is 5.76. The summed E-state index contributed by atoms with van der Waals surface area (Å²) >= 11 is 0. The number of aromatic nitrogens is 3. The van der Waals surface area contributed by atoms with E-state index >= 15 is 0 Å². The summed E-state index contributed by atoms with van der Waals surface area (Å²) in [5.41, 5.74) is 0.355. The summed E-state index contributed by atoms with van der Waals surface area (Å²) in [6.45, 7) is 3.19.